The number of nitrogens with zero attached hydrogens (tertiary/aromatic N) is 2. The first kappa shape index (κ1) is 21.5. The quantitative estimate of drug-likeness (QED) is 0.384. The Hall–Kier alpha value is -4.33. The predicted molar refractivity (Wildman–Crippen MR) is 130 cm³/mol. The minimum absolute atomic E-state index is 0.140. The zero-order valence-corrected chi connectivity index (χ0v) is 18.5. The molecule has 0 radical (unpaired) electrons. The maximum Gasteiger partial charge on any atom is 0.410 e. The van der Waals surface area contributed by atoms with Gasteiger partial charge in [0.1, 0.15) is 12.4 Å². The zero-order valence-electron chi connectivity index (χ0n) is 18.5. The standard InChI is InChI=1S/C26H25N5O3/c27-25(32)28-20-11-8-18(9-12-20)19-10-13-21-22(15-19)30-24(29-21)23-7-4-14-31(23)26(33)34-16-17-5-2-1-3-6-17/h1-3,5-6,8-13,15,23H,4,7,14,16H2,(H,29,30)(H3,27,28,32). The fourth-order valence-electron chi connectivity index (χ4n) is 4.33. The topological polar surface area (TPSA) is 113 Å². The third-order valence-corrected chi connectivity index (χ3v) is 5.99. The maximum absolute atomic E-state index is 12.8. The lowest BCUT2D eigenvalue weighted by Crippen LogP contribution is -2.31. The lowest BCUT2D eigenvalue weighted by molar-refractivity contribution is 0.0910. The van der Waals surface area contributed by atoms with Crippen LogP contribution in [0.1, 0.15) is 30.3 Å². The van der Waals surface area contributed by atoms with Crippen molar-refractivity contribution in [1.29, 1.82) is 0 Å². The van der Waals surface area contributed by atoms with Gasteiger partial charge in [0.2, 0.25) is 0 Å². The first-order chi connectivity index (χ1) is 16.6. The Morgan fingerprint density at radius 1 is 1.06 bits per heavy atom. The number of carbonyl (C=O) groups excluding carboxylic acids is 2. The van der Waals surface area contributed by atoms with Crippen LogP contribution in [0.5, 0.6) is 0 Å². The third kappa shape index (κ3) is 4.56. The van der Waals surface area contributed by atoms with Crippen molar-refractivity contribution in [3.63, 3.8) is 0 Å². The first-order valence-corrected chi connectivity index (χ1v) is 11.2. The number of fused-ring (bicyclic) bond motifs is 1. The number of hydrogen-bond acceptors (Lipinski definition) is 4. The van der Waals surface area contributed by atoms with Crippen LogP contribution in [-0.4, -0.2) is 33.5 Å². The number of nitrogens with one attached hydrogen (secondary N) is 2. The summed E-state index contributed by atoms with van der Waals surface area (Å²) in [6.45, 7) is 0.895. The van der Waals surface area contributed by atoms with E-state index >= 15 is 0 Å². The molecule has 4 aromatic rings. The number of aromatic nitrogens is 2. The first-order valence-electron chi connectivity index (χ1n) is 11.2. The highest BCUT2D eigenvalue weighted by atomic mass is 16.6. The van der Waals surface area contributed by atoms with Gasteiger partial charge in [-0.15, -0.1) is 0 Å². The van der Waals surface area contributed by atoms with Crippen LogP contribution in [0.15, 0.2) is 72.8 Å². The molecule has 1 fully saturated rings. The molecule has 8 nitrogen and oxygen atoms in total. The molecular weight excluding hydrogens is 430 g/mol. The van der Waals surface area contributed by atoms with Crippen molar-refractivity contribution in [2.24, 2.45) is 5.73 Å². The fourth-order valence-corrected chi connectivity index (χ4v) is 4.33. The number of urea groups is 1. The van der Waals surface area contributed by atoms with Crippen molar-refractivity contribution in [1.82, 2.24) is 14.9 Å². The van der Waals surface area contributed by atoms with E-state index in [-0.39, 0.29) is 18.7 Å². The summed E-state index contributed by atoms with van der Waals surface area (Å²) in [5.74, 6) is 0.766. The number of carbonyl (C=O) groups is 2. The minimum Gasteiger partial charge on any atom is -0.445 e. The maximum atomic E-state index is 12.8. The normalized spacial score (nSPS) is 15.4. The summed E-state index contributed by atoms with van der Waals surface area (Å²) in [6.07, 6.45) is 1.41. The van der Waals surface area contributed by atoms with E-state index in [4.69, 9.17) is 15.5 Å². The third-order valence-electron chi connectivity index (χ3n) is 5.99. The number of anilines is 1. The Balaban J connectivity index is 1.32. The molecule has 1 saturated heterocycles. The van der Waals surface area contributed by atoms with Crippen LogP contribution in [0.2, 0.25) is 0 Å². The highest BCUT2D eigenvalue weighted by Gasteiger charge is 2.33. The number of rotatable bonds is 5. The average Bonchev–Trinajstić information content (AvgIpc) is 3.50. The molecule has 2 heterocycles. The molecule has 34 heavy (non-hydrogen) atoms. The van der Waals surface area contributed by atoms with E-state index in [1.54, 1.807) is 17.0 Å². The van der Waals surface area contributed by atoms with Crippen LogP contribution >= 0.6 is 0 Å². The summed E-state index contributed by atoms with van der Waals surface area (Å²) in [4.78, 5) is 33.7. The Kier molecular flexibility index (Phi) is 5.86. The molecule has 1 atom stereocenters. The molecule has 4 N–H and O–H groups in total. The number of H-pyrrole nitrogens is 1. The van der Waals surface area contributed by atoms with Crippen LogP contribution in [0, 0.1) is 0 Å². The molecule has 1 aromatic heterocycles. The van der Waals surface area contributed by atoms with E-state index in [0.29, 0.717) is 12.2 Å². The predicted octanol–water partition coefficient (Wildman–Crippen LogP) is 5.19. The van der Waals surface area contributed by atoms with E-state index in [9.17, 15) is 9.59 Å². The van der Waals surface area contributed by atoms with Gasteiger partial charge < -0.3 is 20.8 Å². The molecule has 1 aliphatic rings. The Morgan fingerprint density at radius 3 is 2.59 bits per heavy atom. The summed E-state index contributed by atoms with van der Waals surface area (Å²) in [5, 5.41) is 2.56. The number of imidazole rings is 1. The van der Waals surface area contributed by atoms with E-state index in [1.807, 2.05) is 60.7 Å². The molecule has 1 unspecified atom stereocenters. The molecule has 3 amide bonds. The number of primary amides is 1. The molecule has 172 valence electrons. The van der Waals surface area contributed by atoms with Crippen molar-refractivity contribution in [2.45, 2.75) is 25.5 Å². The molecule has 1 aliphatic heterocycles. The highest BCUT2D eigenvalue weighted by Crippen LogP contribution is 2.33. The molecule has 0 bridgehead atoms. The van der Waals surface area contributed by atoms with Crippen LogP contribution in [-0.2, 0) is 11.3 Å². The Morgan fingerprint density at radius 2 is 1.82 bits per heavy atom. The number of hydrogen-bond donors (Lipinski definition) is 3. The summed E-state index contributed by atoms with van der Waals surface area (Å²) in [7, 11) is 0. The van der Waals surface area contributed by atoms with E-state index in [2.05, 4.69) is 10.3 Å². The summed E-state index contributed by atoms with van der Waals surface area (Å²) in [5.41, 5.74) is 10.5. The number of likely N-dealkylation sites (tertiary alicyclic amines) is 1. The van der Waals surface area contributed by atoms with Gasteiger partial charge in [-0.05, 0) is 53.8 Å². The number of nitrogens with two attached hydrogens (primary N) is 1. The monoisotopic (exact) mass is 455 g/mol. The second-order valence-corrected chi connectivity index (χ2v) is 8.31. The summed E-state index contributed by atoms with van der Waals surface area (Å²) >= 11 is 0. The Labute approximate surface area is 196 Å². The number of amides is 3. The van der Waals surface area contributed by atoms with E-state index in [0.717, 1.165) is 46.4 Å². The van der Waals surface area contributed by atoms with Crippen molar-refractivity contribution in [3.8, 4) is 11.1 Å². The van der Waals surface area contributed by atoms with Gasteiger partial charge in [-0.25, -0.2) is 14.6 Å². The summed E-state index contributed by atoms with van der Waals surface area (Å²) in [6, 6.07) is 22.4. The molecule has 8 heteroatoms. The van der Waals surface area contributed by atoms with Gasteiger partial charge in [0.25, 0.3) is 0 Å². The van der Waals surface area contributed by atoms with Gasteiger partial charge in [0.05, 0.1) is 17.1 Å². The molecule has 0 aliphatic carbocycles. The SMILES string of the molecule is NC(=O)Nc1ccc(-c2ccc3nc(C4CCCN4C(=O)OCc4ccccc4)[nH]c3c2)cc1. The number of benzene rings is 3. The Bertz CT molecular complexity index is 1320. The number of ether oxygens (including phenoxy) is 1. The second kappa shape index (κ2) is 9.27. The number of aromatic amines is 1. The second-order valence-electron chi connectivity index (χ2n) is 8.31. The van der Waals surface area contributed by atoms with E-state index in [1.165, 1.54) is 0 Å². The van der Waals surface area contributed by atoms with Crippen molar-refractivity contribution in [2.75, 3.05) is 11.9 Å². The van der Waals surface area contributed by atoms with Gasteiger partial charge >= 0.3 is 12.1 Å². The van der Waals surface area contributed by atoms with Gasteiger partial charge in [-0.3, -0.25) is 4.90 Å². The highest BCUT2D eigenvalue weighted by molar-refractivity contribution is 5.88. The van der Waals surface area contributed by atoms with Gasteiger partial charge in [0, 0.05) is 12.2 Å². The lowest BCUT2D eigenvalue weighted by atomic mass is 10.0. The summed E-state index contributed by atoms with van der Waals surface area (Å²) < 4.78 is 5.56. The molecule has 5 rings (SSSR count). The van der Waals surface area contributed by atoms with Gasteiger partial charge in [0.15, 0.2) is 0 Å². The largest absolute Gasteiger partial charge is 0.445 e. The molecule has 0 saturated carbocycles. The van der Waals surface area contributed by atoms with Crippen LogP contribution in [0.3, 0.4) is 0 Å². The van der Waals surface area contributed by atoms with Gasteiger partial charge in [-0.1, -0.05) is 48.5 Å². The van der Waals surface area contributed by atoms with Crippen LogP contribution in [0.4, 0.5) is 15.3 Å². The molecule has 3 aromatic carbocycles. The van der Waals surface area contributed by atoms with Crippen molar-refractivity contribution < 1.29 is 14.3 Å². The lowest BCUT2D eigenvalue weighted by Gasteiger charge is -2.22. The zero-order chi connectivity index (χ0) is 23.5. The smallest absolute Gasteiger partial charge is 0.410 e. The van der Waals surface area contributed by atoms with Crippen LogP contribution < -0.4 is 11.1 Å². The minimum atomic E-state index is -0.593. The van der Waals surface area contributed by atoms with Crippen molar-refractivity contribution >= 4 is 28.8 Å². The van der Waals surface area contributed by atoms with Gasteiger partial charge in [-0.2, -0.15) is 0 Å². The molecular formula is C26H25N5O3. The fraction of sp³-hybridized carbons (Fsp3) is 0.192. The van der Waals surface area contributed by atoms with Crippen molar-refractivity contribution in [3.05, 3.63) is 84.2 Å². The molecule has 0 spiro atoms. The van der Waals surface area contributed by atoms with E-state index < -0.39 is 6.03 Å². The average molecular weight is 456 g/mol. The van der Waals surface area contributed by atoms with Crippen LogP contribution in [0.25, 0.3) is 22.2 Å².